The molecule has 3 aromatic rings. The first-order valence-electron chi connectivity index (χ1n) is 9.52. The molecule has 1 atom stereocenters. The van der Waals surface area contributed by atoms with Gasteiger partial charge in [0.05, 0.1) is 0 Å². The number of hydrogen-bond acceptors (Lipinski definition) is 2. The molecule has 0 radical (unpaired) electrons. The lowest BCUT2D eigenvalue weighted by Gasteiger charge is -2.24. The SMILES string of the molecule is CC(C)(C)C(=O)N[C@@H](Cc1c[nH]c2ccccc12)C(=O)NCc1ccccc1. The number of rotatable bonds is 6. The van der Waals surface area contributed by atoms with Gasteiger partial charge in [-0.1, -0.05) is 69.3 Å². The number of aromatic nitrogens is 1. The molecule has 1 heterocycles. The maximum atomic E-state index is 12.9. The largest absolute Gasteiger partial charge is 0.361 e. The predicted octanol–water partition coefficient (Wildman–Crippen LogP) is 3.56. The second-order valence-electron chi connectivity index (χ2n) is 8.04. The number of carbonyl (C=O) groups is 2. The van der Waals surface area contributed by atoms with Gasteiger partial charge in [-0.3, -0.25) is 9.59 Å². The van der Waals surface area contributed by atoms with Crippen LogP contribution in [0.4, 0.5) is 0 Å². The van der Waals surface area contributed by atoms with Crippen molar-refractivity contribution in [1.82, 2.24) is 15.6 Å². The molecule has 0 saturated heterocycles. The van der Waals surface area contributed by atoms with Gasteiger partial charge in [-0.2, -0.15) is 0 Å². The Morgan fingerprint density at radius 3 is 2.39 bits per heavy atom. The summed E-state index contributed by atoms with van der Waals surface area (Å²) in [6, 6.07) is 17.0. The molecule has 3 N–H and O–H groups in total. The molecule has 0 bridgehead atoms. The van der Waals surface area contributed by atoms with Crippen LogP contribution in [0.3, 0.4) is 0 Å². The summed E-state index contributed by atoms with van der Waals surface area (Å²) in [6.45, 7) is 5.95. The molecule has 2 aromatic carbocycles. The number of carbonyl (C=O) groups excluding carboxylic acids is 2. The van der Waals surface area contributed by atoms with Crippen molar-refractivity contribution in [3.8, 4) is 0 Å². The average molecular weight is 377 g/mol. The summed E-state index contributed by atoms with van der Waals surface area (Å²) in [4.78, 5) is 28.7. The van der Waals surface area contributed by atoms with Crippen molar-refractivity contribution in [2.75, 3.05) is 0 Å². The van der Waals surface area contributed by atoms with E-state index in [1.807, 2.05) is 81.6 Å². The maximum Gasteiger partial charge on any atom is 0.243 e. The van der Waals surface area contributed by atoms with Crippen molar-refractivity contribution in [3.63, 3.8) is 0 Å². The van der Waals surface area contributed by atoms with Crippen LogP contribution in [0.25, 0.3) is 10.9 Å². The third-order valence-corrected chi connectivity index (χ3v) is 4.71. The first-order valence-corrected chi connectivity index (χ1v) is 9.52. The van der Waals surface area contributed by atoms with Crippen molar-refractivity contribution < 1.29 is 9.59 Å². The van der Waals surface area contributed by atoms with Crippen LogP contribution in [0.5, 0.6) is 0 Å². The van der Waals surface area contributed by atoms with Crippen LogP contribution in [0.15, 0.2) is 60.8 Å². The van der Waals surface area contributed by atoms with Crippen molar-refractivity contribution in [1.29, 1.82) is 0 Å². The second kappa shape index (κ2) is 8.30. The number of hydrogen-bond donors (Lipinski definition) is 3. The molecule has 0 unspecified atom stereocenters. The molecule has 3 rings (SSSR count). The zero-order valence-corrected chi connectivity index (χ0v) is 16.6. The highest BCUT2D eigenvalue weighted by Crippen LogP contribution is 2.20. The Kier molecular flexibility index (Phi) is 5.83. The van der Waals surface area contributed by atoms with E-state index in [9.17, 15) is 9.59 Å². The van der Waals surface area contributed by atoms with Crippen LogP contribution in [0.2, 0.25) is 0 Å². The fourth-order valence-electron chi connectivity index (χ4n) is 3.01. The molecule has 0 saturated carbocycles. The van der Waals surface area contributed by atoms with Crippen molar-refractivity contribution in [2.24, 2.45) is 5.41 Å². The van der Waals surface area contributed by atoms with E-state index in [1.165, 1.54) is 0 Å². The molecule has 0 aliphatic carbocycles. The summed E-state index contributed by atoms with van der Waals surface area (Å²) >= 11 is 0. The Bertz CT molecular complexity index is 955. The highest BCUT2D eigenvalue weighted by atomic mass is 16.2. The number of aromatic amines is 1. The highest BCUT2D eigenvalue weighted by molar-refractivity contribution is 5.91. The van der Waals surface area contributed by atoms with E-state index in [1.54, 1.807) is 0 Å². The molecule has 2 amide bonds. The van der Waals surface area contributed by atoms with Crippen molar-refractivity contribution >= 4 is 22.7 Å². The Hall–Kier alpha value is -3.08. The fourth-order valence-corrected chi connectivity index (χ4v) is 3.01. The lowest BCUT2D eigenvalue weighted by molar-refractivity contribution is -0.133. The zero-order valence-electron chi connectivity index (χ0n) is 16.6. The van der Waals surface area contributed by atoms with Crippen molar-refractivity contribution in [2.45, 2.75) is 39.8 Å². The summed E-state index contributed by atoms with van der Waals surface area (Å²) in [5.74, 6) is -0.334. The number of nitrogens with one attached hydrogen (secondary N) is 3. The van der Waals surface area contributed by atoms with Gasteiger partial charge < -0.3 is 15.6 Å². The quantitative estimate of drug-likeness (QED) is 0.614. The van der Waals surface area contributed by atoms with E-state index >= 15 is 0 Å². The molecule has 0 aliphatic rings. The van der Waals surface area contributed by atoms with Crippen LogP contribution in [0.1, 0.15) is 31.9 Å². The van der Waals surface area contributed by atoms with Crippen LogP contribution in [0, 0.1) is 5.41 Å². The monoisotopic (exact) mass is 377 g/mol. The summed E-state index contributed by atoms with van der Waals surface area (Å²) < 4.78 is 0. The Balaban J connectivity index is 1.78. The van der Waals surface area contributed by atoms with Crippen molar-refractivity contribution in [3.05, 3.63) is 71.9 Å². The first kappa shape index (κ1) is 19.7. The molecular weight excluding hydrogens is 350 g/mol. The minimum absolute atomic E-state index is 0.146. The lowest BCUT2D eigenvalue weighted by atomic mass is 9.94. The lowest BCUT2D eigenvalue weighted by Crippen LogP contribution is -2.50. The van der Waals surface area contributed by atoms with Gasteiger partial charge in [-0.15, -0.1) is 0 Å². The van der Waals surface area contributed by atoms with Crippen LogP contribution in [-0.4, -0.2) is 22.8 Å². The standard InChI is InChI=1S/C23H27N3O2/c1-23(2,3)22(28)26-20(21(27)25-14-16-9-5-4-6-10-16)13-17-15-24-19-12-8-7-11-18(17)19/h4-12,15,20,24H,13-14H2,1-3H3,(H,25,27)(H,26,28)/t20-/m0/s1. The molecule has 0 spiro atoms. The smallest absolute Gasteiger partial charge is 0.243 e. The second-order valence-corrected chi connectivity index (χ2v) is 8.04. The minimum Gasteiger partial charge on any atom is -0.361 e. The Labute approximate surface area is 165 Å². The number of benzene rings is 2. The molecule has 5 nitrogen and oxygen atoms in total. The first-order chi connectivity index (χ1) is 13.3. The molecule has 5 heteroatoms. The van der Waals surface area contributed by atoms with E-state index < -0.39 is 11.5 Å². The van der Waals surface area contributed by atoms with Gasteiger partial charge in [0.2, 0.25) is 11.8 Å². The van der Waals surface area contributed by atoms with Crippen LogP contribution >= 0.6 is 0 Å². The molecule has 28 heavy (non-hydrogen) atoms. The number of para-hydroxylation sites is 1. The fraction of sp³-hybridized carbons (Fsp3) is 0.304. The molecule has 0 aliphatic heterocycles. The Morgan fingerprint density at radius 2 is 1.68 bits per heavy atom. The van der Waals surface area contributed by atoms with Gasteiger partial charge >= 0.3 is 0 Å². The van der Waals surface area contributed by atoms with Gasteiger partial charge in [0.25, 0.3) is 0 Å². The van der Waals surface area contributed by atoms with E-state index in [-0.39, 0.29) is 11.8 Å². The Morgan fingerprint density at radius 1 is 1.00 bits per heavy atom. The van der Waals surface area contributed by atoms with Gasteiger partial charge in [-0.05, 0) is 17.2 Å². The number of H-pyrrole nitrogens is 1. The molecular formula is C23H27N3O2. The minimum atomic E-state index is -0.644. The highest BCUT2D eigenvalue weighted by Gasteiger charge is 2.28. The predicted molar refractivity (Wildman–Crippen MR) is 112 cm³/mol. The summed E-state index contributed by atoms with van der Waals surface area (Å²) in [5, 5.41) is 6.95. The number of fused-ring (bicyclic) bond motifs is 1. The van der Waals surface area contributed by atoms with E-state index in [0.717, 1.165) is 22.0 Å². The third kappa shape index (κ3) is 4.80. The zero-order chi connectivity index (χ0) is 20.1. The van der Waals surface area contributed by atoms with Crippen LogP contribution < -0.4 is 10.6 Å². The normalized spacial score (nSPS) is 12.5. The molecule has 0 fully saturated rings. The third-order valence-electron chi connectivity index (χ3n) is 4.71. The maximum absolute atomic E-state index is 12.9. The summed E-state index contributed by atoms with van der Waals surface area (Å²) in [6.07, 6.45) is 2.33. The number of amides is 2. The van der Waals surface area contributed by atoms with E-state index in [0.29, 0.717) is 13.0 Å². The topological polar surface area (TPSA) is 74.0 Å². The van der Waals surface area contributed by atoms with Gasteiger partial charge in [0.1, 0.15) is 6.04 Å². The summed E-state index contributed by atoms with van der Waals surface area (Å²) in [7, 11) is 0. The molecule has 146 valence electrons. The summed E-state index contributed by atoms with van der Waals surface area (Å²) in [5.41, 5.74) is 2.47. The van der Waals surface area contributed by atoms with E-state index in [2.05, 4.69) is 15.6 Å². The van der Waals surface area contributed by atoms with Crippen LogP contribution in [-0.2, 0) is 22.6 Å². The molecule has 1 aromatic heterocycles. The van der Waals surface area contributed by atoms with Gasteiger partial charge in [0, 0.05) is 35.5 Å². The van der Waals surface area contributed by atoms with Gasteiger partial charge in [-0.25, -0.2) is 0 Å². The average Bonchev–Trinajstić information content (AvgIpc) is 3.08. The van der Waals surface area contributed by atoms with Gasteiger partial charge in [0.15, 0.2) is 0 Å². The van der Waals surface area contributed by atoms with E-state index in [4.69, 9.17) is 0 Å².